The van der Waals surface area contributed by atoms with Gasteiger partial charge in [-0.1, -0.05) is 6.92 Å². The fourth-order valence-corrected chi connectivity index (χ4v) is 11.2. The van der Waals surface area contributed by atoms with Crippen LogP contribution in [-0.4, -0.2) is 97.0 Å². The van der Waals surface area contributed by atoms with Crippen molar-refractivity contribution in [2.45, 2.75) is 82.5 Å². The summed E-state index contributed by atoms with van der Waals surface area (Å²) in [4.78, 5) is 27.5. The van der Waals surface area contributed by atoms with Crippen LogP contribution in [0.3, 0.4) is 0 Å². The molecular formula is C27H41NO8. The molecule has 1 saturated heterocycles. The third-order valence-electron chi connectivity index (χ3n) is 11.4. The second-order valence-electron chi connectivity index (χ2n) is 12.5. The molecule has 5 aliphatic carbocycles. The van der Waals surface area contributed by atoms with E-state index in [9.17, 15) is 19.8 Å². The van der Waals surface area contributed by atoms with Crippen molar-refractivity contribution in [2.24, 2.45) is 40.4 Å². The van der Waals surface area contributed by atoms with Crippen molar-refractivity contribution >= 4 is 11.9 Å². The predicted molar refractivity (Wildman–Crippen MR) is 127 cm³/mol. The number of methoxy groups -OCH3 is 2. The van der Waals surface area contributed by atoms with Gasteiger partial charge in [-0.25, -0.2) is 0 Å². The van der Waals surface area contributed by atoms with Crippen LogP contribution in [-0.2, 0) is 28.5 Å². The fraction of sp³-hybridized carbons (Fsp3) is 0.926. The van der Waals surface area contributed by atoms with Crippen molar-refractivity contribution < 1.29 is 38.7 Å². The molecule has 1 heterocycles. The second kappa shape index (κ2) is 8.12. The maximum Gasteiger partial charge on any atom is 0.303 e. The van der Waals surface area contributed by atoms with Gasteiger partial charge in [-0.15, -0.1) is 0 Å². The van der Waals surface area contributed by atoms with Gasteiger partial charge >= 0.3 is 11.9 Å². The Kier molecular flexibility index (Phi) is 5.65. The number of ether oxygens (including phenoxy) is 4. The Balaban J connectivity index is 1.64. The third kappa shape index (κ3) is 2.74. The van der Waals surface area contributed by atoms with Gasteiger partial charge in [0.15, 0.2) is 0 Å². The normalized spacial score (nSPS) is 54.3. The van der Waals surface area contributed by atoms with E-state index < -0.39 is 41.3 Å². The van der Waals surface area contributed by atoms with E-state index in [4.69, 9.17) is 18.9 Å². The number of hydrogen-bond donors (Lipinski definition) is 2. The van der Waals surface area contributed by atoms with Crippen LogP contribution in [0.1, 0.15) is 46.5 Å². The summed E-state index contributed by atoms with van der Waals surface area (Å²) in [6, 6.07) is -0.0691. The largest absolute Gasteiger partial charge is 0.462 e. The van der Waals surface area contributed by atoms with Gasteiger partial charge in [-0.2, -0.15) is 0 Å². The number of aliphatic hydroxyl groups is 2. The quantitative estimate of drug-likeness (QED) is 0.508. The first kappa shape index (κ1) is 25.0. The van der Waals surface area contributed by atoms with Crippen molar-refractivity contribution in [3.8, 4) is 0 Å². The van der Waals surface area contributed by atoms with Crippen LogP contribution in [0.25, 0.3) is 0 Å². The summed E-state index contributed by atoms with van der Waals surface area (Å²) in [5.74, 6) is -1.70. The second-order valence-corrected chi connectivity index (χ2v) is 12.5. The Morgan fingerprint density at radius 1 is 1.08 bits per heavy atom. The predicted octanol–water partition coefficient (Wildman–Crippen LogP) is 0.990. The van der Waals surface area contributed by atoms with E-state index in [1.807, 2.05) is 0 Å². The van der Waals surface area contributed by atoms with Crippen LogP contribution >= 0.6 is 0 Å². The molecule has 6 aliphatic rings. The molecule has 7 bridgehead atoms. The Morgan fingerprint density at radius 3 is 2.44 bits per heavy atom. The number of rotatable bonds is 6. The minimum absolute atomic E-state index is 0.00778. The van der Waals surface area contributed by atoms with Crippen molar-refractivity contribution in [1.29, 1.82) is 0 Å². The molecule has 0 aromatic carbocycles. The highest BCUT2D eigenvalue weighted by Gasteiger charge is 2.87. The minimum Gasteiger partial charge on any atom is -0.462 e. The molecule has 36 heavy (non-hydrogen) atoms. The maximum atomic E-state index is 12.8. The molecule has 0 amide bonds. The number of carbonyl (C=O) groups is 2. The van der Waals surface area contributed by atoms with E-state index >= 15 is 0 Å². The van der Waals surface area contributed by atoms with Crippen LogP contribution < -0.4 is 0 Å². The summed E-state index contributed by atoms with van der Waals surface area (Å²) in [5, 5.41) is 23.5. The summed E-state index contributed by atoms with van der Waals surface area (Å²) in [7, 11) is 3.46. The van der Waals surface area contributed by atoms with Gasteiger partial charge in [-0.3, -0.25) is 14.5 Å². The number of piperidine rings is 1. The number of esters is 2. The highest BCUT2D eigenvalue weighted by Crippen LogP contribution is 2.79. The summed E-state index contributed by atoms with van der Waals surface area (Å²) >= 11 is 0. The lowest BCUT2D eigenvalue weighted by molar-refractivity contribution is -0.277. The highest BCUT2D eigenvalue weighted by molar-refractivity contribution is 5.68. The minimum atomic E-state index is -1.05. The number of carbonyl (C=O) groups excluding carboxylic acids is 2. The standard InChI is InChI=1S/C27H41NO8/c1-6-28-11-25(12-33-4)8-7-18(32)27-16-9-15-17(31)10-26(36-14(3)30,19(16)21(15)35-13(2)29)20(24(27)28)22(34-5)23(25)27/h15-24,31-32H,6-12H2,1-5H3. The van der Waals surface area contributed by atoms with Gasteiger partial charge < -0.3 is 29.2 Å². The van der Waals surface area contributed by atoms with Crippen LogP contribution in [0.4, 0.5) is 0 Å². The zero-order chi connectivity index (χ0) is 25.8. The number of hydrogen-bond acceptors (Lipinski definition) is 9. The SMILES string of the molecule is CCN1CC2(COC)CCC(O)C34C5CC6C(O)CC(OC(C)=O)(C5C6OC(C)=O)C(C(OC)C23)C14. The van der Waals surface area contributed by atoms with E-state index in [2.05, 4.69) is 11.8 Å². The molecule has 0 aromatic rings. The van der Waals surface area contributed by atoms with Gasteiger partial charge in [0.25, 0.3) is 0 Å². The van der Waals surface area contributed by atoms with Crippen LogP contribution in [0, 0.1) is 40.4 Å². The molecular weight excluding hydrogens is 466 g/mol. The van der Waals surface area contributed by atoms with Crippen molar-refractivity contribution in [3.05, 3.63) is 0 Å². The van der Waals surface area contributed by atoms with E-state index in [1.165, 1.54) is 13.8 Å². The molecule has 2 N–H and O–H groups in total. The molecule has 6 rings (SSSR count). The van der Waals surface area contributed by atoms with E-state index in [0.717, 1.165) is 19.5 Å². The Labute approximate surface area is 212 Å². The first-order valence-corrected chi connectivity index (χ1v) is 13.6. The van der Waals surface area contributed by atoms with Gasteiger partial charge in [0, 0.05) is 81.6 Å². The molecule has 6 fully saturated rings. The summed E-state index contributed by atoms with van der Waals surface area (Å²) in [6.07, 6.45) is 0.238. The lowest BCUT2D eigenvalue weighted by Gasteiger charge is -2.68. The molecule has 13 unspecified atom stereocenters. The first-order chi connectivity index (χ1) is 17.1. The number of aliphatic hydroxyl groups excluding tert-OH is 2. The Morgan fingerprint density at radius 2 is 1.83 bits per heavy atom. The third-order valence-corrected chi connectivity index (χ3v) is 11.4. The molecule has 13 atom stereocenters. The first-order valence-electron chi connectivity index (χ1n) is 13.6. The molecule has 9 nitrogen and oxygen atoms in total. The van der Waals surface area contributed by atoms with Crippen LogP contribution in [0.2, 0.25) is 0 Å². The van der Waals surface area contributed by atoms with Gasteiger partial charge in [0.05, 0.1) is 24.9 Å². The lowest BCUT2D eigenvalue weighted by atomic mass is 9.43. The maximum absolute atomic E-state index is 12.8. The topological polar surface area (TPSA) is 115 Å². The fourth-order valence-electron chi connectivity index (χ4n) is 11.2. The average molecular weight is 508 g/mol. The van der Waals surface area contributed by atoms with Crippen molar-refractivity contribution in [2.75, 3.05) is 33.9 Å². The molecule has 0 radical (unpaired) electrons. The molecule has 1 aliphatic heterocycles. The van der Waals surface area contributed by atoms with Crippen molar-refractivity contribution in [3.63, 3.8) is 0 Å². The van der Waals surface area contributed by atoms with Gasteiger partial charge in [-0.05, 0) is 31.7 Å². The van der Waals surface area contributed by atoms with Gasteiger partial charge in [0.2, 0.25) is 0 Å². The lowest BCUT2D eigenvalue weighted by Crippen LogP contribution is -2.76. The molecule has 0 aromatic heterocycles. The monoisotopic (exact) mass is 507 g/mol. The Bertz CT molecular complexity index is 945. The smallest absolute Gasteiger partial charge is 0.303 e. The van der Waals surface area contributed by atoms with Crippen LogP contribution in [0.5, 0.6) is 0 Å². The zero-order valence-electron chi connectivity index (χ0n) is 22.0. The summed E-state index contributed by atoms with van der Waals surface area (Å²) in [5.41, 5.74) is -1.78. The highest BCUT2D eigenvalue weighted by atomic mass is 16.6. The van der Waals surface area contributed by atoms with E-state index in [0.29, 0.717) is 25.9 Å². The summed E-state index contributed by atoms with van der Waals surface area (Å²) in [6.45, 7) is 7.16. The van der Waals surface area contributed by atoms with Crippen molar-refractivity contribution in [1.82, 2.24) is 4.90 Å². The van der Waals surface area contributed by atoms with E-state index in [-0.39, 0.29) is 47.2 Å². The molecule has 5 saturated carbocycles. The van der Waals surface area contributed by atoms with Gasteiger partial charge in [0.1, 0.15) is 11.7 Å². The number of likely N-dealkylation sites (tertiary alicyclic amines) is 1. The van der Waals surface area contributed by atoms with E-state index in [1.54, 1.807) is 14.2 Å². The zero-order valence-corrected chi connectivity index (χ0v) is 22.0. The van der Waals surface area contributed by atoms with Crippen LogP contribution in [0.15, 0.2) is 0 Å². The molecule has 202 valence electrons. The molecule has 9 heteroatoms. The summed E-state index contributed by atoms with van der Waals surface area (Å²) < 4.78 is 24.6. The average Bonchev–Trinajstić information content (AvgIpc) is 3.24. The number of nitrogens with zero attached hydrogens (tertiary/aromatic N) is 1. The Hall–Kier alpha value is -1.26. The molecule has 1 spiro atoms. The number of fused-ring (bicyclic) bond motifs is 2.